The lowest BCUT2D eigenvalue weighted by Crippen LogP contribution is -2.52. The number of carbonyl (C=O) groups is 1. The van der Waals surface area contributed by atoms with Gasteiger partial charge in [-0.1, -0.05) is 6.07 Å². The molecule has 1 saturated heterocycles. The van der Waals surface area contributed by atoms with Crippen LogP contribution in [0.15, 0.2) is 53.4 Å². The third-order valence-corrected chi connectivity index (χ3v) is 5.97. The first kappa shape index (κ1) is 21.1. The lowest BCUT2D eigenvalue weighted by Gasteiger charge is -2.32. The Labute approximate surface area is 171 Å². The molecule has 29 heavy (non-hydrogen) atoms. The number of sulfonamides is 1. The molecule has 0 saturated carbocycles. The van der Waals surface area contributed by atoms with Gasteiger partial charge in [0.2, 0.25) is 0 Å². The predicted molar refractivity (Wildman–Crippen MR) is 111 cm³/mol. The molecule has 0 atom stereocenters. The van der Waals surface area contributed by atoms with E-state index in [9.17, 15) is 13.2 Å². The summed E-state index contributed by atoms with van der Waals surface area (Å²) in [6.07, 6.45) is 0. The Hall–Kier alpha value is -2.62. The van der Waals surface area contributed by atoms with Gasteiger partial charge in [-0.25, -0.2) is 13.4 Å². The molecule has 0 aromatic heterocycles. The molecule has 8 nitrogen and oxygen atoms in total. The molecule has 3 rings (SSSR count). The number of likely N-dealkylation sites (N-methyl/N-ethyl adjacent to an activating group) is 1. The molecular weight excluding hydrogens is 392 g/mol. The van der Waals surface area contributed by atoms with Crippen molar-refractivity contribution in [3.8, 4) is 5.75 Å². The zero-order valence-electron chi connectivity index (χ0n) is 16.6. The smallest absolute Gasteiger partial charge is 0.265 e. The highest BCUT2D eigenvalue weighted by molar-refractivity contribution is 7.92. The topological polar surface area (TPSA) is 91.0 Å². The van der Waals surface area contributed by atoms with Crippen molar-refractivity contribution in [2.75, 3.05) is 44.6 Å². The maximum Gasteiger partial charge on any atom is 0.265 e. The summed E-state index contributed by atoms with van der Waals surface area (Å²) in [5, 5.41) is 1.85. The quantitative estimate of drug-likeness (QED) is 0.712. The number of hydrogen-bond donors (Lipinski definition) is 2. The second kappa shape index (κ2) is 9.25. The first-order valence-electron chi connectivity index (χ1n) is 9.47. The number of nitrogens with zero attached hydrogens (tertiary/aromatic N) is 2. The van der Waals surface area contributed by atoms with E-state index in [4.69, 9.17) is 4.74 Å². The standard InChI is InChI=1S/C20H26N4O4S/c1-3-28-18-9-7-17(8-10-18)22-29(26,27)19-6-4-5-16(15-19)20(25)21-24-13-11-23(2)12-14-24/h4-10,15,22H,3,11-14H2,1-2H3,(H,21,25). The number of benzene rings is 2. The molecule has 1 aliphatic rings. The van der Waals surface area contributed by atoms with Crippen molar-refractivity contribution in [3.63, 3.8) is 0 Å². The van der Waals surface area contributed by atoms with Crippen LogP contribution in [0.2, 0.25) is 0 Å². The molecule has 1 fully saturated rings. The van der Waals surface area contributed by atoms with E-state index in [1.54, 1.807) is 36.4 Å². The number of amides is 1. The minimum Gasteiger partial charge on any atom is -0.494 e. The van der Waals surface area contributed by atoms with Crippen LogP contribution in [0.25, 0.3) is 0 Å². The van der Waals surface area contributed by atoms with Crippen LogP contribution in [0, 0.1) is 0 Å². The van der Waals surface area contributed by atoms with E-state index in [-0.39, 0.29) is 10.8 Å². The monoisotopic (exact) mass is 418 g/mol. The lowest BCUT2D eigenvalue weighted by atomic mass is 10.2. The van der Waals surface area contributed by atoms with Crippen LogP contribution in [-0.2, 0) is 10.0 Å². The van der Waals surface area contributed by atoms with E-state index in [2.05, 4.69) is 15.0 Å². The second-order valence-corrected chi connectivity index (χ2v) is 8.50. The molecule has 0 bridgehead atoms. The summed E-state index contributed by atoms with van der Waals surface area (Å²) in [6.45, 7) is 5.58. The van der Waals surface area contributed by atoms with E-state index < -0.39 is 10.0 Å². The molecule has 0 aliphatic carbocycles. The number of hydrogen-bond acceptors (Lipinski definition) is 6. The maximum absolute atomic E-state index is 12.7. The Bertz CT molecular complexity index is 939. The highest BCUT2D eigenvalue weighted by Gasteiger charge is 2.19. The van der Waals surface area contributed by atoms with Crippen molar-refractivity contribution in [3.05, 3.63) is 54.1 Å². The second-order valence-electron chi connectivity index (χ2n) is 6.82. The summed E-state index contributed by atoms with van der Waals surface area (Å²) < 4.78 is 33.3. The van der Waals surface area contributed by atoms with E-state index in [1.165, 1.54) is 12.1 Å². The summed E-state index contributed by atoms with van der Waals surface area (Å²) >= 11 is 0. The summed E-state index contributed by atoms with van der Waals surface area (Å²) in [6, 6.07) is 12.7. The van der Waals surface area contributed by atoms with Gasteiger partial charge in [0.05, 0.1) is 11.5 Å². The first-order chi connectivity index (χ1) is 13.9. The largest absolute Gasteiger partial charge is 0.494 e. The molecule has 1 aliphatic heterocycles. The number of carbonyl (C=O) groups excluding carboxylic acids is 1. The predicted octanol–water partition coefficient (Wildman–Crippen LogP) is 1.78. The minimum absolute atomic E-state index is 0.0254. The van der Waals surface area contributed by atoms with Gasteiger partial charge >= 0.3 is 0 Å². The van der Waals surface area contributed by atoms with E-state index in [0.29, 0.717) is 23.6 Å². The van der Waals surface area contributed by atoms with Crippen LogP contribution in [0.1, 0.15) is 17.3 Å². The Morgan fingerprint density at radius 1 is 1.07 bits per heavy atom. The SMILES string of the molecule is CCOc1ccc(NS(=O)(=O)c2cccc(C(=O)NN3CCN(C)CC3)c2)cc1. The molecule has 0 unspecified atom stereocenters. The summed E-state index contributed by atoms with van der Waals surface area (Å²) in [5.74, 6) is 0.339. The normalized spacial score (nSPS) is 15.7. The number of nitrogens with one attached hydrogen (secondary N) is 2. The molecule has 9 heteroatoms. The van der Waals surface area contributed by atoms with Crippen LogP contribution in [0.5, 0.6) is 5.75 Å². The van der Waals surface area contributed by atoms with Crippen molar-refractivity contribution in [2.24, 2.45) is 0 Å². The Morgan fingerprint density at radius 2 is 1.76 bits per heavy atom. The van der Waals surface area contributed by atoms with Crippen molar-refractivity contribution in [1.29, 1.82) is 0 Å². The highest BCUT2D eigenvalue weighted by atomic mass is 32.2. The Balaban J connectivity index is 1.69. The molecular formula is C20H26N4O4S. The Kier molecular flexibility index (Phi) is 6.73. The summed E-state index contributed by atoms with van der Waals surface area (Å²) in [4.78, 5) is 14.7. The molecule has 1 amide bonds. The molecule has 0 radical (unpaired) electrons. The van der Waals surface area contributed by atoms with Gasteiger partial charge in [0.25, 0.3) is 15.9 Å². The lowest BCUT2D eigenvalue weighted by molar-refractivity contribution is 0.0662. The number of anilines is 1. The third kappa shape index (κ3) is 5.69. The summed E-state index contributed by atoms with van der Waals surface area (Å²) in [7, 11) is -1.79. The molecule has 2 aromatic carbocycles. The average molecular weight is 419 g/mol. The number of piperazine rings is 1. The maximum atomic E-state index is 12.7. The van der Waals surface area contributed by atoms with Crippen molar-refractivity contribution < 1.29 is 17.9 Å². The van der Waals surface area contributed by atoms with Gasteiger partial charge in [-0.2, -0.15) is 0 Å². The van der Waals surface area contributed by atoms with Gasteiger partial charge < -0.3 is 9.64 Å². The van der Waals surface area contributed by atoms with Crippen LogP contribution >= 0.6 is 0 Å². The van der Waals surface area contributed by atoms with E-state index in [0.717, 1.165) is 26.2 Å². The summed E-state index contributed by atoms with van der Waals surface area (Å²) in [5.41, 5.74) is 3.55. The average Bonchev–Trinajstić information content (AvgIpc) is 2.71. The van der Waals surface area contributed by atoms with Crippen LogP contribution in [0.3, 0.4) is 0 Å². The number of ether oxygens (including phenoxy) is 1. The van der Waals surface area contributed by atoms with Crippen molar-refractivity contribution in [1.82, 2.24) is 15.3 Å². The molecule has 1 heterocycles. The fourth-order valence-corrected chi connectivity index (χ4v) is 4.03. The minimum atomic E-state index is -3.83. The fraction of sp³-hybridized carbons (Fsp3) is 0.350. The number of rotatable bonds is 7. The zero-order valence-corrected chi connectivity index (χ0v) is 17.4. The first-order valence-corrected chi connectivity index (χ1v) is 11.0. The van der Waals surface area contributed by atoms with Gasteiger partial charge in [0.1, 0.15) is 5.75 Å². The zero-order chi connectivity index (χ0) is 20.9. The van der Waals surface area contributed by atoms with Gasteiger partial charge in [-0.3, -0.25) is 14.9 Å². The van der Waals surface area contributed by atoms with Gasteiger partial charge in [0, 0.05) is 37.4 Å². The highest BCUT2D eigenvalue weighted by Crippen LogP contribution is 2.20. The van der Waals surface area contributed by atoms with Gasteiger partial charge in [0.15, 0.2) is 0 Å². The van der Waals surface area contributed by atoms with Crippen LogP contribution in [0.4, 0.5) is 5.69 Å². The van der Waals surface area contributed by atoms with E-state index >= 15 is 0 Å². The van der Waals surface area contributed by atoms with Crippen LogP contribution in [-0.4, -0.2) is 64.1 Å². The van der Waals surface area contributed by atoms with Crippen LogP contribution < -0.4 is 14.9 Å². The van der Waals surface area contributed by atoms with Gasteiger partial charge in [-0.15, -0.1) is 0 Å². The third-order valence-electron chi connectivity index (χ3n) is 4.59. The Morgan fingerprint density at radius 3 is 2.41 bits per heavy atom. The van der Waals surface area contributed by atoms with Crippen molar-refractivity contribution >= 4 is 21.6 Å². The fourth-order valence-electron chi connectivity index (χ4n) is 2.93. The molecule has 156 valence electrons. The molecule has 2 N–H and O–H groups in total. The molecule has 0 spiro atoms. The van der Waals surface area contributed by atoms with Crippen molar-refractivity contribution in [2.45, 2.75) is 11.8 Å². The van der Waals surface area contributed by atoms with Gasteiger partial charge in [-0.05, 0) is 56.4 Å². The van der Waals surface area contributed by atoms with E-state index in [1.807, 2.05) is 19.0 Å². The molecule has 2 aromatic rings. The number of hydrazine groups is 1.